The van der Waals surface area contributed by atoms with E-state index in [-0.39, 0.29) is 27.4 Å². The van der Waals surface area contributed by atoms with E-state index in [0.717, 1.165) is 17.7 Å². The molecule has 1 heterocycles. The van der Waals surface area contributed by atoms with Gasteiger partial charge in [0.25, 0.3) is 17.7 Å². The van der Waals surface area contributed by atoms with Crippen molar-refractivity contribution in [1.82, 2.24) is 10.6 Å². The molecule has 0 bridgehead atoms. The Morgan fingerprint density at radius 3 is 2.47 bits per heavy atom. The summed E-state index contributed by atoms with van der Waals surface area (Å²) in [5, 5.41) is 4.77. The van der Waals surface area contributed by atoms with Crippen molar-refractivity contribution in [3.8, 4) is 0 Å². The highest BCUT2D eigenvalue weighted by molar-refractivity contribution is 6.39. The largest absolute Gasteiger partial charge is 0.452 e. The molecule has 0 aliphatic carbocycles. The Morgan fingerprint density at radius 2 is 1.75 bits per heavy atom. The van der Waals surface area contributed by atoms with Crippen LogP contribution in [0.15, 0.2) is 42.5 Å². The number of nitrogens with zero attached hydrogens (tertiary/aromatic N) is 1. The molecule has 3 rings (SSSR count). The third kappa shape index (κ3) is 4.94. The van der Waals surface area contributed by atoms with E-state index in [1.165, 1.54) is 24.3 Å². The van der Waals surface area contributed by atoms with Gasteiger partial charge in [-0.3, -0.25) is 19.7 Å². The van der Waals surface area contributed by atoms with Crippen LogP contribution in [0.1, 0.15) is 50.8 Å². The number of anilines is 1. The first-order chi connectivity index (χ1) is 15.3. The van der Waals surface area contributed by atoms with Gasteiger partial charge >= 0.3 is 12.0 Å². The molecule has 5 amide bonds. The average molecular weight is 458 g/mol. The summed E-state index contributed by atoms with van der Waals surface area (Å²) in [5.74, 6) is -2.88. The molecule has 1 aliphatic heterocycles. The Hall–Kier alpha value is -3.72. The lowest BCUT2D eigenvalue weighted by Crippen LogP contribution is -2.41. The summed E-state index contributed by atoms with van der Waals surface area (Å²) < 4.78 is 4.91. The fourth-order valence-corrected chi connectivity index (χ4v) is 3.24. The van der Waals surface area contributed by atoms with Crippen LogP contribution in [0.4, 0.5) is 10.5 Å². The number of ether oxygens (including phenoxy) is 1. The lowest BCUT2D eigenvalue weighted by molar-refractivity contribution is -0.123. The normalized spacial score (nSPS) is 12.4. The number of hydrogen-bond donors (Lipinski definition) is 2. The molecule has 0 saturated carbocycles. The SMILES string of the molecule is CCCCNC(=O)NC(=O)COC(=O)c1ccc2c(c1)C(=O)N(c1ccccc1Cl)C2=O. The molecule has 0 spiro atoms. The molecule has 1 aliphatic rings. The van der Waals surface area contributed by atoms with Crippen LogP contribution in [0.2, 0.25) is 5.02 Å². The molecule has 0 radical (unpaired) electrons. The highest BCUT2D eigenvalue weighted by Crippen LogP contribution is 2.33. The Bertz CT molecular complexity index is 1100. The van der Waals surface area contributed by atoms with Crippen molar-refractivity contribution in [3.63, 3.8) is 0 Å². The molecule has 2 aromatic carbocycles. The number of halogens is 1. The second-order valence-electron chi connectivity index (χ2n) is 6.89. The van der Waals surface area contributed by atoms with Crippen molar-refractivity contribution in [2.24, 2.45) is 0 Å². The van der Waals surface area contributed by atoms with Gasteiger partial charge in [-0.05, 0) is 36.8 Å². The zero-order valence-electron chi connectivity index (χ0n) is 17.1. The second kappa shape index (κ2) is 10.1. The van der Waals surface area contributed by atoms with Crippen LogP contribution in [0, 0.1) is 0 Å². The third-order valence-electron chi connectivity index (χ3n) is 4.62. The van der Waals surface area contributed by atoms with E-state index in [1.807, 2.05) is 12.2 Å². The summed E-state index contributed by atoms with van der Waals surface area (Å²) in [4.78, 5) is 62.1. The standard InChI is InChI=1S/C22H20ClN3O6/c1-2-3-10-24-22(31)25-18(27)12-32-21(30)13-8-9-14-15(11-13)20(29)26(19(14)28)17-7-5-4-6-16(17)23/h4-9,11H,2-3,10,12H2,1H3,(H2,24,25,27,31). The highest BCUT2D eigenvalue weighted by Gasteiger charge is 2.38. The number of benzene rings is 2. The van der Waals surface area contributed by atoms with Crippen molar-refractivity contribution in [2.45, 2.75) is 19.8 Å². The van der Waals surface area contributed by atoms with Gasteiger partial charge in [0.2, 0.25) is 0 Å². The number of imide groups is 2. The van der Waals surface area contributed by atoms with Crippen LogP contribution < -0.4 is 15.5 Å². The lowest BCUT2D eigenvalue weighted by atomic mass is 10.1. The van der Waals surface area contributed by atoms with Crippen molar-refractivity contribution in [2.75, 3.05) is 18.1 Å². The minimum absolute atomic E-state index is 0.0177. The summed E-state index contributed by atoms with van der Waals surface area (Å²) >= 11 is 6.12. The molecule has 0 fully saturated rings. The van der Waals surface area contributed by atoms with Gasteiger partial charge in [0.1, 0.15) is 0 Å². The molecular formula is C22H20ClN3O6. The van der Waals surface area contributed by atoms with Gasteiger partial charge in [0, 0.05) is 6.54 Å². The van der Waals surface area contributed by atoms with E-state index >= 15 is 0 Å². The number of para-hydroxylation sites is 1. The number of nitrogens with one attached hydrogen (secondary N) is 2. The van der Waals surface area contributed by atoms with Crippen LogP contribution in [0.3, 0.4) is 0 Å². The lowest BCUT2D eigenvalue weighted by Gasteiger charge is -2.15. The van der Waals surface area contributed by atoms with Crippen molar-refractivity contribution in [1.29, 1.82) is 0 Å². The van der Waals surface area contributed by atoms with Gasteiger partial charge in [-0.1, -0.05) is 37.1 Å². The van der Waals surface area contributed by atoms with Crippen LogP contribution in [0.5, 0.6) is 0 Å². The molecule has 166 valence electrons. The number of rotatable bonds is 7. The molecule has 2 aromatic rings. The molecular weight excluding hydrogens is 438 g/mol. The van der Waals surface area contributed by atoms with Crippen LogP contribution in [-0.2, 0) is 9.53 Å². The number of carbonyl (C=O) groups excluding carboxylic acids is 5. The molecule has 10 heteroatoms. The molecule has 32 heavy (non-hydrogen) atoms. The number of fused-ring (bicyclic) bond motifs is 1. The first-order valence-corrected chi connectivity index (χ1v) is 10.2. The fourth-order valence-electron chi connectivity index (χ4n) is 3.02. The Kier molecular flexibility index (Phi) is 7.21. The summed E-state index contributed by atoms with van der Waals surface area (Å²) in [5.41, 5.74) is 0.349. The van der Waals surface area contributed by atoms with Gasteiger partial charge in [0.15, 0.2) is 6.61 Å². The fraction of sp³-hybridized carbons (Fsp3) is 0.227. The maximum atomic E-state index is 12.8. The predicted molar refractivity (Wildman–Crippen MR) is 116 cm³/mol. The minimum Gasteiger partial charge on any atom is -0.452 e. The van der Waals surface area contributed by atoms with Gasteiger partial charge in [-0.2, -0.15) is 0 Å². The maximum absolute atomic E-state index is 12.8. The van der Waals surface area contributed by atoms with E-state index in [1.54, 1.807) is 18.2 Å². The van der Waals surface area contributed by atoms with Crippen molar-refractivity contribution < 1.29 is 28.7 Å². The second-order valence-corrected chi connectivity index (χ2v) is 7.30. The first-order valence-electron chi connectivity index (χ1n) is 9.85. The number of unbranched alkanes of at least 4 members (excludes halogenated alkanes) is 1. The summed E-state index contributed by atoms with van der Waals surface area (Å²) in [6.07, 6.45) is 1.65. The first kappa shape index (κ1) is 23.0. The number of urea groups is 1. The number of hydrogen-bond acceptors (Lipinski definition) is 6. The molecule has 0 atom stereocenters. The van der Waals surface area contributed by atoms with Gasteiger partial charge in [-0.15, -0.1) is 0 Å². The smallest absolute Gasteiger partial charge is 0.338 e. The van der Waals surface area contributed by atoms with Crippen LogP contribution >= 0.6 is 11.6 Å². The van der Waals surface area contributed by atoms with Gasteiger partial charge < -0.3 is 10.1 Å². The Morgan fingerprint density at radius 1 is 1.03 bits per heavy atom. The Labute approximate surface area is 188 Å². The summed E-state index contributed by atoms with van der Waals surface area (Å²) in [6, 6.07) is 9.60. The topological polar surface area (TPSA) is 122 Å². The van der Waals surface area contributed by atoms with Crippen LogP contribution in [-0.4, -0.2) is 42.9 Å². The zero-order chi connectivity index (χ0) is 23.3. The van der Waals surface area contributed by atoms with Crippen LogP contribution in [0.25, 0.3) is 0 Å². The van der Waals surface area contributed by atoms with E-state index < -0.39 is 36.3 Å². The van der Waals surface area contributed by atoms with Gasteiger partial charge in [0.05, 0.1) is 27.4 Å². The van der Waals surface area contributed by atoms with Gasteiger partial charge in [-0.25, -0.2) is 14.5 Å². The molecule has 0 saturated heterocycles. The third-order valence-corrected chi connectivity index (χ3v) is 4.94. The number of esters is 1. The number of amides is 5. The van der Waals surface area contributed by atoms with E-state index in [4.69, 9.17) is 16.3 Å². The minimum atomic E-state index is -0.884. The van der Waals surface area contributed by atoms with Crippen molar-refractivity contribution >= 4 is 47.0 Å². The van der Waals surface area contributed by atoms with E-state index in [9.17, 15) is 24.0 Å². The highest BCUT2D eigenvalue weighted by atomic mass is 35.5. The zero-order valence-corrected chi connectivity index (χ0v) is 17.9. The van der Waals surface area contributed by atoms with Crippen molar-refractivity contribution in [3.05, 3.63) is 64.2 Å². The molecule has 9 nitrogen and oxygen atoms in total. The maximum Gasteiger partial charge on any atom is 0.338 e. The average Bonchev–Trinajstić information content (AvgIpc) is 3.02. The summed E-state index contributed by atoms with van der Waals surface area (Å²) in [7, 11) is 0. The van der Waals surface area contributed by atoms with E-state index in [2.05, 4.69) is 5.32 Å². The monoisotopic (exact) mass is 457 g/mol. The quantitative estimate of drug-likeness (QED) is 0.374. The Balaban J connectivity index is 1.65. The molecule has 0 aromatic heterocycles. The molecule has 2 N–H and O–H groups in total. The number of carbonyl (C=O) groups is 5. The van der Waals surface area contributed by atoms with E-state index in [0.29, 0.717) is 6.54 Å². The molecule has 0 unspecified atom stereocenters. The predicted octanol–water partition coefficient (Wildman–Crippen LogP) is 2.92. The summed E-state index contributed by atoms with van der Waals surface area (Å²) in [6.45, 7) is 1.69.